The Balaban J connectivity index is 2.35. The van der Waals surface area contributed by atoms with Gasteiger partial charge in [-0.3, -0.25) is 0 Å². The molecule has 12 heavy (non-hydrogen) atoms. The van der Waals surface area contributed by atoms with Gasteiger partial charge in [-0.25, -0.2) is 0 Å². The molecule has 68 valence electrons. The van der Waals surface area contributed by atoms with E-state index in [0.29, 0.717) is 0 Å². The van der Waals surface area contributed by atoms with Crippen molar-refractivity contribution in [1.29, 1.82) is 0 Å². The average molecular weight is 165 g/mol. The van der Waals surface area contributed by atoms with Crippen LogP contribution in [0.5, 0.6) is 0 Å². The first kappa shape index (κ1) is 10.1. The van der Waals surface area contributed by atoms with Crippen LogP contribution in [0.2, 0.25) is 5.31 Å². The van der Waals surface area contributed by atoms with Gasteiger partial charge in [0.15, 0.2) is 0 Å². The Morgan fingerprint density at radius 2 is 1.75 bits per heavy atom. The zero-order valence-corrected chi connectivity index (χ0v) is 8.78. The molecule has 0 aliphatic heterocycles. The second-order valence-corrected chi connectivity index (χ2v) is 5.47. The van der Waals surface area contributed by atoms with Crippen LogP contribution in [0.25, 0.3) is 0 Å². The summed E-state index contributed by atoms with van der Waals surface area (Å²) < 4.78 is 0. The van der Waals surface area contributed by atoms with Crippen LogP contribution in [0, 0.1) is 0 Å². The van der Waals surface area contributed by atoms with Crippen molar-refractivity contribution in [2.45, 2.75) is 63.9 Å². The first-order valence-corrected chi connectivity index (χ1v) is 4.85. The van der Waals surface area contributed by atoms with Crippen LogP contribution in [-0.2, 0) is 0 Å². The van der Waals surface area contributed by atoms with Crippen molar-refractivity contribution in [3.8, 4) is 0 Å². The molecule has 1 rings (SSSR count). The maximum atomic E-state index is 5.98. The minimum absolute atomic E-state index is 0.0641. The molecule has 1 aliphatic rings. The quantitative estimate of drug-likeness (QED) is 0.630. The number of rotatable bonds is 4. The lowest BCUT2D eigenvalue weighted by molar-refractivity contribution is 0.323. The minimum atomic E-state index is -0.0641. The molecular weight excluding hydrogens is 145 g/mol. The fourth-order valence-electron chi connectivity index (χ4n) is 1.97. The maximum Gasteiger partial charge on any atom is 0.0739 e. The van der Waals surface area contributed by atoms with E-state index >= 15 is 0 Å². The monoisotopic (exact) mass is 165 g/mol. The molecular formula is C10H20BN. The van der Waals surface area contributed by atoms with E-state index in [4.69, 9.17) is 7.85 Å². The van der Waals surface area contributed by atoms with E-state index in [2.05, 4.69) is 33.0 Å². The van der Waals surface area contributed by atoms with Gasteiger partial charge in [0.05, 0.1) is 7.85 Å². The number of hydrogen-bond acceptors (Lipinski definition) is 1. The van der Waals surface area contributed by atoms with Gasteiger partial charge in [-0.2, -0.15) is 0 Å². The molecule has 1 saturated carbocycles. The Morgan fingerprint density at radius 1 is 1.25 bits per heavy atom. The SMILES string of the molecule is [B]C(C)(C)CC(C)(C)NC1CC1. The predicted molar refractivity (Wildman–Crippen MR) is 54.6 cm³/mol. The molecule has 0 bridgehead atoms. The molecule has 0 heterocycles. The number of nitrogens with one attached hydrogen (secondary N) is 1. The predicted octanol–water partition coefficient (Wildman–Crippen LogP) is 2.27. The summed E-state index contributed by atoms with van der Waals surface area (Å²) in [6.07, 6.45) is 3.71. The molecule has 2 radical (unpaired) electrons. The molecule has 0 aromatic rings. The van der Waals surface area contributed by atoms with Crippen LogP contribution < -0.4 is 5.32 Å². The maximum absolute atomic E-state index is 5.98. The molecule has 1 fully saturated rings. The van der Waals surface area contributed by atoms with Gasteiger partial charge in [0, 0.05) is 11.6 Å². The fraction of sp³-hybridized carbons (Fsp3) is 1.00. The molecule has 0 saturated heterocycles. The first-order valence-electron chi connectivity index (χ1n) is 4.85. The molecule has 2 heteroatoms. The summed E-state index contributed by atoms with van der Waals surface area (Å²) in [5.41, 5.74) is 0.194. The molecule has 0 spiro atoms. The zero-order valence-electron chi connectivity index (χ0n) is 8.78. The third-order valence-electron chi connectivity index (χ3n) is 2.07. The lowest BCUT2D eigenvalue weighted by atomic mass is 9.66. The van der Waals surface area contributed by atoms with Crippen molar-refractivity contribution in [1.82, 2.24) is 5.32 Å². The minimum Gasteiger partial charge on any atom is -0.309 e. The van der Waals surface area contributed by atoms with Crippen LogP contribution in [0.4, 0.5) is 0 Å². The third-order valence-corrected chi connectivity index (χ3v) is 2.07. The summed E-state index contributed by atoms with van der Waals surface area (Å²) in [7, 11) is 5.98. The van der Waals surface area contributed by atoms with Crippen LogP contribution in [-0.4, -0.2) is 19.4 Å². The van der Waals surface area contributed by atoms with Gasteiger partial charge >= 0.3 is 0 Å². The lowest BCUT2D eigenvalue weighted by Gasteiger charge is -2.34. The first-order chi connectivity index (χ1) is 5.29. The third kappa shape index (κ3) is 4.15. The van der Waals surface area contributed by atoms with Crippen molar-refractivity contribution in [3.05, 3.63) is 0 Å². The van der Waals surface area contributed by atoms with E-state index < -0.39 is 0 Å². The van der Waals surface area contributed by atoms with Gasteiger partial charge in [-0.15, -0.1) is 0 Å². The lowest BCUT2D eigenvalue weighted by Crippen LogP contribution is -2.42. The van der Waals surface area contributed by atoms with E-state index in [1.165, 1.54) is 12.8 Å². The van der Waals surface area contributed by atoms with Crippen molar-refractivity contribution in [3.63, 3.8) is 0 Å². The smallest absolute Gasteiger partial charge is 0.0739 e. The van der Waals surface area contributed by atoms with Crippen molar-refractivity contribution >= 4 is 7.85 Å². The van der Waals surface area contributed by atoms with Gasteiger partial charge in [0.2, 0.25) is 0 Å². The second kappa shape index (κ2) is 3.06. The van der Waals surface area contributed by atoms with E-state index in [0.717, 1.165) is 12.5 Å². The standard InChI is InChI=1S/C10H20BN/c1-9(2,11)7-10(3,4)12-8-5-6-8/h8,12H,5-7H2,1-4H3. The van der Waals surface area contributed by atoms with Crippen LogP contribution in [0.3, 0.4) is 0 Å². The van der Waals surface area contributed by atoms with Crippen molar-refractivity contribution in [2.75, 3.05) is 0 Å². The van der Waals surface area contributed by atoms with Crippen molar-refractivity contribution in [2.24, 2.45) is 0 Å². The van der Waals surface area contributed by atoms with Crippen LogP contribution >= 0.6 is 0 Å². The Morgan fingerprint density at radius 3 is 2.08 bits per heavy atom. The van der Waals surface area contributed by atoms with E-state index in [9.17, 15) is 0 Å². The summed E-state index contributed by atoms with van der Waals surface area (Å²) in [6.45, 7) is 8.65. The van der Waals surface area contributed by atoms with Gasteiger partial charge < -0.3 is 5.32 Å². The fourth-order valence-corrected chi connectivity index (χ4v) is 1.97. The largest absolute Gasteiger partial charge is 0.309 e. The zero-order chi connectivity index (χ0) is 9.41. The van der Waals surface area contributed by atoms with Gasteiger partial charge in [0.1, 0.15) is 0 Å². The normalized spacial score (nSPS) is 19.7. The number of hydrogen-bond donors (Lipinski definition) is 1. The summed E-state index contributed by atoms with van der Waals surface area (Å²) in [5.74, 6) is 0. The van der Waals surface area contributed by atoms with E-state index in [1.807, 2.05) is 0 Å². The molecule has 1 aliphatic carbocycles. The average Bonchev–Trinajstić information content (AvgIpc) is 2.39. The topological polar surface area (TPSA) is 12.0 Å². The Kier molecular flexibility index (Phi) is 2.58. The van der Waals surface area contributed by atoms with E-state index in [-0.39, 0.29) is 10.9 Å². The Hall–Kier alpha value is 0.0249. The molecule has 0 atom stereocenters. The summed E-state index contributed by atoms with van der Waals surface area (Å²) in [4.78, 5) is 0. The second-order valence-electron chi connectivity index (χ2n) is 5.47. The van der Waals surface area contributed by atoms with Gasteiger partial charge in [0.25, 0.3) is 0 Å². The highest BCUT2D eigenvalue weighted by Crippen LogP contribution is 2.33. The van der Waals surface area contributed by atoms with E-state index in [1.54, 1.807) is 0 Å². The van der Waals surface area contributed by atoms with Gasteiger partial charge in [-0.05, 0) is 33.1 Å². The molecule has 0 aromatic heterocycles. The summed E-state index contributed by atoms with van der Waals surface area (Å²) in [6, 6.07) is 0.766. The molecule has 1 nitrogen and oxygen atoms in total. The Bertz CT molecular complexity index is 154. The highest BCUT2D eigenvalue weighted by molar-refractivity contribution is 6.14. The Labute approximate surface area is 77.7 Å². The molecule has 0 amide bonds. The highest BCUT2D eigenvalue weighted by atomic mass is 15.0. The highest BCUT2D eigenvalue weighted by Gasteiger charge is 2.31. The van der Waals surface area contributed by atoms with Gasteiger partial charge in [-0.1, -0.05) is 19.2 Å². The summed E-state index contributed by atoms with van der Waals surface area (Å²) in [5, 5.41) is 3.54. The molecule has 0 unspecified atom stereocenters. The van der Waals surface area contributed by atoms with Crippen LogP contribution in [0.1, 0.15) is 47.0 Å². The van der Waals surface area contributed by atoms with Crippen LogP contribution in [0.15, 0.2) is 0 Å². The molecule has 1 N–H and O–H groups in total. The van der Waals surface area contributed by atoms with Crippen molar-refractivity contribution < 1.29 is 0 Å². The summed E-state index contributed by atoms with van der Waals surface area (Å²) >= 11 is 0. The molecule has 0 aromatic carbocycles.